The van der Waals surface area contributed by atoms with Crippen molar-refractivity contribution in [1.29, 1.82) is 0 Å². The van der Waals surface area contributed by atoms with Crippen LogP contribution in [0.5, 0.6) is 0 Å². The lowest BCUT2D eigenvalue weighted by molar-refractivity contribution is 0.0762. The highest BCUT2D eigenvalue weighted by Crippen LogP contribution is 2.28. The molecule has 28 heavy (non-hydrogen) atoms. The molecule has 154 valence electrons. The van der Waals surface area contributed by atoms with E-state index in [4.69, 9.17) is 0 Å². The lowest BCUT2D eigenvalue weighted by atomic mass is 9.89. The molecule has 0 spiro atoms. The molecule has 0 radical (unpaired) electrons. The van der Waals surface area contributed by atoms with Crippen LogP contribution in [-0.4, -0.2) is 79.0 Å². The third kappa shape index (κ3) is 5.25. The van der Waals surface area contributed by atoms with Gasteiger partial charge in [0.15, 0.2) is 0 Å². The standard InChI is InChI=1S/C22H34N4O2/c1-17(2)23-22(28)26-11-5-9-20(16-26)18-7-4-8-19(15-18)21(27)25-12-6-10-24(3)13-14-25/h4,7-8,15,17,20H,5-6,9-14,16H2,1-3H3,(H,23,28)/t20-/m1/s1. The third-order valence-corrected chi connectivity index (χ3v) is 5.73. The molecule has 2 saturated heterocycles. The molecule has 2 aliphatic rings. The normalized spacial score (nSPS) is 21.5. The summed E-state index contributed by atoms with van der Waals surface area (Å²) in [5.41, 5.74) is 1.94. The zero-order chi connectivity index (χ0) is 20.1. The van der Waals surface area contributed by atoms with E-state index in [0.717, 1.165) is 57.5 Å². The van der Waals surface area contributed by atoms with Crippen molar-refractivity contribution in [2.24, 2.45) is 0 Å². The first-order valence-corrected chi connectivity index (χ1v) is 10.6. The Morgan fingerprint density at radius 2 is 1.82 bits per heavy atom. The molecule has 6 nitrogen and oxygen atoms in total. The average Bonchev–Trinajstić information content (AvgIpc) is 2.91. The second-order valence-corrected chi connectivity index (χ2v) is 8.46. The summed E-state index contributed by atoms with van der Waals surface area (Å²) in [5, 5.41) is 2.99. The predicted octanol–water partition coefficient (Wildman–Crippen LogP) is 2.76. The molecule has 1 aromatic rings. The molecule has 1 atom stereocenters. The maximum atomic E-state index is 13.0. The Bertz CT molecular complexity index is 691. The molecule has 2 aliphatic heterocycles. The summed E-state index contributed by atoms with van der Waals surface area (Å²) in [5.74, 6) is 0.414. The minimum atomic E-state index is 0.0145. The van der Waals surface area contributed by atoms with Gasteiger partial charge in [-0.05, 0) is 64.4 Å². The maximum absolute atomic E-state index is 13.0. The number of carbonyl (C=O) groups is 2. The van der Waals surface area contributed by atoms with E-state index < -0.39 is 0 Å². The predicted molar refractivity (Wildman–Crippen MR) is 112 cm³/mol. The lowest BCUT2D eigenvalue weighted by Crippen LogP contribution is -2.47. The van der Waals surface area contributed by atoms with Crippen molar-refractivity contribution in [3.05, 3.63) is 35.4 Å². The van der Waals surface area contributed by atoms with Crippen molar-refractivity contribution in [3.63, 3.8) is 0 Å². The number of piperidine rings is 1. The highest BCUT2D eigenvalue weighted by atomic mass is 16.2. The fraction of sp³-hybridized carbons (Fsp3) is 0.636. The Kier molecular flexibility index (Phi) is 6.94. The monoisotopic (exact) mass is 386 g/mol. The van der Waals surface area contributed by atoms with Crippen LogP contribution in [0.3, 0.4) is 0 Å². The van der Waals surface area contributed by atoms with E-state index in [1.165, 1.54) is 5.56 Å². The minimum Gasteiger partial charge on any atom is -0.337 e. The van der Waals surface area contributed by atoms with E-state index >= 15 is 0 Å². The Morgan fingerprint density at radius 1 is 1.04 bits per heavy atom. The smallest absolute Gasteiger partial charge is 0.317 e. The van der Waals surface area contributed by atoms with Gasteiger partial charge in [-0.25, -0.2) is 4.79 Å². The Morgan fingerprint density at radius 3 is 2.61 bits per heavy atom. The van der Waals surface area contributed by atoms with Gasteiger partial charge in [0.05, 0.1) is 0 Å². The van der Waals surface area contributed by atoms with E-state index in [0.29, 0.717) is 6.54 Å². The summed E-state index contributed by atoms with van der Waals surface area (Å²) in [6.07, 6.45) is 3.06. The lowest BCUT2D eigenvalue weighted by Gasteiger charge is -2.33. The van der Waals surface area contributed by atoms with Crippen LogP contribution in [0, 0.1) is 0 Å². The average molecular weight is 387 g/mol. The summed E-state index contributed by atoms with van der Waals surface area (Å²) in [4.78, 5) is 31.6. The minimum absolute atomic E-state index is 0.0145. The number of amides is 3. The van der Waals surface area contributed by atoms with Gasteiger partial charge in [-0.15, -0.1) is 0 Å². The number of likely N-dealkylation sites (tertiary alicyclic amines) is 1. The van der Waals surface area contributed by atoms with E-state index in [1.54, 1.807) is 0 Å². The van der Waals surface area contributed by atoms with E-state index in [9.17, 15) is 9.59 Å². The van der Waals surface area contributed by atoms with Gasteiger partial charge in [-0.1, -0.05) is 12.1 Å². The topological polar surface area (TPSA) is 55.9 Å². The first-order valence-electron chi connectivity index (χ1n) is 10.6. The van der Waals surface area contributed by atoms with Crippen LogP contribution in [0.4, 0.5) is 4.79 Å². The van der Waals surface area contributed by atoms with Crippen molar-refractivity contribution >= 4 is 11.9 Å². The number of hydrogen-bond donors (Lipinski definition) is 1. The molecule has 0 saturated carbocycles. The third-order valence-electron chi connectivity index (χ3n) is 5.73. The SMILES string of the molecule is CC(C)NC(=O)N1CCC[C@@H](c2cccc(C(=O)N3CCCN(C)CC3)c2)C1. The van der Waals surface area contributed by atoms with Crippen LogP contribution in [0.1, 0.15) is 54.9 Å². The number of hydrogen-bond acceptors (Lipinski definition) is 3. The summed E-state index contributed by atoms with van der Waals surface area (Å²) in [7, 11) is 2.11. The van der Waals surface area contributed by atoms with Gasteiger partial charge >= 0.3 is 6.03 Å². The molecule has 2 fully saturated rings. The van der Waals surface area contributed by atoms with Gasteiger partial charge in [0, 0.05) is 50.2 Å². The molecule has 0 aromatic heterocycles. The Balaban J connectivity index is 1.68. The first-order chi connectivity index (χ1) is 13.4. The fourth-order valence-corrected chi connectivity index (χ4v) is 4.13. The quantitative estimate of drug-likeness (QED) is 0.869. The molecule has 1 N–H and O–H groups in total. The molecule has 0 unspecified atom stereocenters. The molecule has 3 rings (SSSR count). The zero-order valence-electron chi connectivity index (χ0n) is 17.5. The summed E-state index contributed by atoms with van der Waals surface area (Å²) in [6, 6.07) is 8.21. The highest BCUT2D eigenvalue weighted by Gasteiger charge is 2.26. The Labute approximate surface area is 168 Å². The van der Waals surface area contributed by atoms with Crippen LogP contribution >= 0.6 is 0 Å². The number of benzene rings is 1. The molecule has 0 bridgehead atoms. The van der Waals surface area contributed by atoms with Crippen molar-refractivity contribution < 1.29 is 9.59 Å². The van der Waals surface area contributed by atoms with Crippen molar-refractivity contribution in [3.8, 4) is 0 Å². The van der Waals surface area contributed by atoms with Gasteiger partial charge in [0.2, 0.25) is 0 Å². The number of rotatable bonds is 3. The van der Waals surface area contributed by atoms with Crippen molar-refractivity contribution in [2.75, 3.05) is 46.3 Å². The van der Waals surface area contributed by atoms with Crippen LogP contribution < -0.4 is 5.32 Å². The van der Waals surface area contributed by atoms with Crippen LogP contribution in [0.15, 0.2) is 24.3 Å². The number of nitrogens with zero attached hydrogens (tertiary/aromatic N) is 3. The molecule has 2 heterocycles. The zero-order valence-corrected chi connectivity index (χ0v) is 17.5. The first kappa shape index (κ1) is 20.6. The van der Waals surface area contributed by atoms with Gasteiger partial charge in [-0.2, -0.15) is 0 Å². The van der Waals surface area contributed by atoms with E-state index in [1.807, 2.05) is 41.8 Å². The molecule has 3 amide bonds. The van der Waals surface area contributed by atoms with Gasteiger partial charge < -0.3 is 20.0 Å². The number of likely N-dealkylation sites (N-methyl/N-ethyl adjacent to an activating group) is 1. The number of nitrogens with one attached hydrogen (secondary N) is 1. The van der Waals surface area contributed by atoms with E-state index in [-0.39, 0.29) is 23.9 Å². The van der Waals surface area contributed by atoms with Gasteiger partial charge in [0.25, 0.3) is 5.91 Å². The summed E-state index contributed by atoms with van der Waals surface area (Å²) >= 11 is 0. The van der Waals surface area contributed by atoms with E-state index in [2.05, 4.69) is 23.3 Å². The maximum Gasteiger partial charge on any atom is 0.317 e. The summed E-state index contributed by atoms with van der Waals surface area (Å²) < 4.78 is 0. The molecular formula is C22H34N4O2. The highest BCUT2D eigenvalue weighted by molar-refractivity contribution is 5.94. The Hall–Kier alpha value is -2.08. The van der Waals surface area contributed by atoms with Crippen molar-refractivity contribution in [2.45, 2.75) is 45.1 Å². The summed E-state index contributed by atoms with van der Waals surface area (Å²) in [6.45, 7) is 9.05. The largest absolute Gasteiger partial charge is 0.337 e. The molecular weight excluding hydrogens is 352 g/mol. The van der Waals surface area contributed by atoms with Gasteiger partial charge in [-0.3, -0.25) is 4.79 Å². The van der Waals surface area contributed by atoms with Crippen LogP contribution in [-0.2, 0) is 0 Å². The fourth-order valence-electron chi connectivity index (χ4n) is 4.13. The van der Waals surface area contributed by atoms with Crippen LogP contribution in [0.25, 0.3) is 0 Å². The number of carbonyl (C=O) groups excluding carboxylic acids is 2. The van der Waals surface area contributed by atoms with Crippen molar-refractivity contribution in [1.82, 2.24) is 20.0 Å². The second kappa shape index (κ2) is 9.41. The molecule has 6 heteroatoms. The second-order valence-electron chi connectivity index (χ2n) is 8.46. The number of urea groups is 1. The van der Waals surface area contributed by atoms with Gasteiger partial charge in [0.1, 0.15) is 0 Å². The van der Waals surface area contributed by atoms with Crippen LogP contribution in [0.2, 0.25) is 0 Å². The molecule has 0 aliphatic carbocycles. The molecule has 1 aromatic carbocycles.